The van der Waals surface area contributed by atoms with Crippen molar-refractivity contribution in [3.05, 3.63) is 21.6 Å². The van der Waals surface area contributed by atoms with Crippen molar-refractivity contribution < 1.29 is 0 Å². The molecule has 0 radical (unpaired) electrons. The molecule has 1 aromatic rings. The molecule has 72 valence electrons. The van der Waals surface area contributed by atoms with E-state index in [0.29, 0.717) is 5.69 Å². The highest BCUT2D eigenvalue weighted by Crippen LogP contribution is 2.13. The first kappa shape index (κ1) is 10.4. The van der Waals surface area contributed by atoms with Crippen LogP contribution in [0, 0.1) is 0 Å². The van der Waals surface area contributed by atoms with E-state index in [9.17, 15) is 4.79 Å². The fourth-order valence-corrected chi connectivity index (χ4v) is 1.26. The number of nitrogens with one attached hydrogen (secondary N) is 2. The van der Waals surface area contributed by atoms with E-state index in [0.717, 1.165) is 12.3 Å². The maximum atomic E-state index is 11.0. The van der Waals surface area contributed by atoms with Crippen molar-refractivity contribution in [2.45, 2.75) is 0 Å². The number of aromatic amines is 1. The van der Waals surface area contributed by atoms with Gasteiger partial charge in [0.15, 0.2) is 0 Å². The lowest BCUT2D eigenvalue weighted by Gasteiger charge is -2.04. The Morgan fingerprint density at radius 3 is 3.23 bits per heavy atom. The molecule has 0 saturated carbocycles. The minimum Gasteiger partial charge on any atom is -0.382 e. The quantitative estimate of drug-likeness (QED) is 0.748. The summed E-state index contributed by atoms with van der Waals surface area (Å²) < 4.78 is 0. The average molecular weight is 220 g/mol. The number of thioether (sulfide) groups is 1. The van der Waals surface area contributed by atoms with E-state index in [1.165, 1.54) is 6.20 Å². The fraction of sp³-hybridized carbons (Fsp3) is 0.429. The van der Waals surface area contributed by atoms with Crippen molar-refractivity contribution >= 4 is 29.1 Å². The Bertz CT molecular complexity index is 328. The van der Waals surface area contributed by atoms with Gasteiger partial charge < -0.3 is 5.32 Å². The van der Waals surface area contributed by atoms with Gasteiger partial charge >= 0.3 is 0 Å². The minimum atomic E-state index is -0.365. The minimum absolute atomic E-state index is 0.163. The van der Waals surface area contributed by atoms with Crippen LogP contribution in [0.15, 0.2) is 11.0 Å². The molecule has 0 fully saturated rings. The predicted molar refractivity (Wildman–Crippen MR) is 56.7 cm³/mol. The molecule has 0 aliphatic heterocycles. The number of hydrogen-bond acceptors (Lipinski definition) is 4. The largest absolute Gasteiger partial charge is 0.382 e. The van der Waals surface area contributed by atoms with E-state index >= 15 is 0 Å². The highest BCUT2D eigenvalue weighted by molar-refractivity contribution is 7.98. The first-order valence-corrected chi connectivity index (χ1v) is 5.49. The summed E-state index contributed by atoms with van der Waals surface area (Å²) in [5, 5.41) is 9.06. The monoisotopic (exact) mass is 219 g/mol. The van der Waals surface area contributed by atoms with Crippen LogP contribution in [0.5, 0.6) is 0 Å². The number of nitrogens with zero attached hydrogens (tertiary/aromatic N) is 1. The lowest BCUT2D eigenvalue weighted by atomic mass is 10.4. The molecule has 1 heterocycles. The fourth-order valence-electron chi connectivity index (χ4n) is 0.795. The third-order valence-corrected chi connectivity index (χ3v) is 2.40. The van der Waals surface area contributed by atoms with Gasteiger partial charge in [-0.25, -0.2) is 5.10 Å². The molecule has 0 unspecified atom stereocenters. The van der Waals surface area contributed by atoms with Crippen molar-refractivity contribution in [1.29, 1.82) is 0 Å². The van der Waals surface area contributed by atoms with E-state index < -0.39 is 0 Å². The number of rotatable bonds is 4. The molecule has 6 heteroatoms. The Morgan fingerprint density at radius 2 is 2.54 bits per heavy atom. The summed E-state index contributed by atoms with van der Waals surface area (Å²) in [4.78, 5) is 11.0. The third-order valence-electron chi connectivity index (χ3n) is 1.42. The predicted octanol–water partition coefficient (Wildman–Crippen LogP) is 1.20. The molecule has 0 bridgehead atoms. The average Bonchev–Trinajstić information content (AvgIpc) is 2.13. The summed E-state index contributed by atoms with van der Waals surface area (Å²) in [6.07, 6.45) is 3.52. The number of hydrogen-bond donors (Lipinski definition) is 2. The zero-order valence-electron chi connectivity index (χ0n) is 7.13. The summed E-state index contributed by atoms with van der Waals surface area (Å²) in [5.74, 6) is 0.961. The Hall–Kier alpha value is -0.680. The Kier molecular flexibility index (Phi) is 4.11. The Morgan fingerprint density at radius 1 is 1.77 bits per heavy atom. The standard InChI is InChI=1S/C7H10ClN3OS/c1-13-3-2-9-5-4-10-11-7(12)6(5)8/h4H,2-3H2,1H3,(H2,9,11,12). The van der Waals surface area contributed by atoms with Gasteiger partial charge in [0.1, 0.15) is 5.02 Å². The topological polar surface area (TPSA) is 57.8 Å². The maximum absolute atomic E-state index is 11.0. The molecule has 1 aromatic heterocycles. The second-order valence-corrected chi connectivity index (χ2v) is 3.71. The molecule has 0 spiro atoms. The highest BCUT2D eigenvalue weighted by Gasteiger charge is 2.02. The van der Waals surface area contributed by atoms with Crippen LogP contribution in [0.4, 0.5) is 5.69 Å². The Labute approximate surface area is 85.1 Å². The third kappa shape index (κ3) is 2.93. The number of halogens is 1. The first-order valence-electron chi connectivity index (χ1n) is 3.71. The molecule has 0 aromatic carbocycles. The van der Waals surface area contributed by atoms with E-state index in [1.54, 1.807) is 11.8 Å². The molecule has 2 N–H and O–H groups in total. The van der Waals surface area contributed by atoms with Crippen LogP contribution in [-0.2, 0) is 0 Å². The van der Waals surface area contributed by atoms with Gasteiger partial charge in [-0.1, -0.05) is 11.6 Å². The lowest BCUT2D eigenvalue weighted by molar-refractivity contribution is 0.985. The van der Waals surface area contributed by atoms with Crippen molar-refractivity contribution in [2.24, 2.45) is 0 Å². The molecule has 1 rings (SSSR count). The van der Waals surface area contributed by atoms with Crippen LogP contribution in [0.25, 0.3) is 0 Å². The van der Waals surface area contributed by atoms with Gasteiger partial charge in [0.05, 0.1) is 11.9 Å². The molecular formula is C7H10ClN3OS. The molecule has 0 amide bonds. The molecule has 13 heavy (non-hydrogen) atoms. The van der Waals surface area contributed by atoms with Gasteiger partial charge in [0.2, 0.25) is 0 Å². The molecule has 0 atom stereocenters. The maximum Gasteiger partial charge on any atom is 0.285 e. The summed E-state index contributed by atoms with van der Waals surface area (Å²) in [6, 6.07) is 0. The summed E-state index contributed by atoms with van der Waals surface area (Å²) in [5.41, 5.74) is 0.218. The zero-order valence-corrected chi connectivity index (χ0v) is 8.71. The van der Waals surface area contributed by atoms with Crippen molar-refractivity contribution in [3.8, 4) is 0 Å². The molecular weight excluding hydrogens is 210 g/mol. The van der Waals surface area contributed by atoms with E-state index in [4.69, 9.17) is 11.6 Å². The van der Waals surface area contributed by atoms with Gasteiger partial charge in [0, 0.05) is 12.3 Å². The second kappa shape index (κ2) is 5.14. The number of H-pyrrole nitrogens is 1. The SMILES string of the molecule is CSCCNc1cn[nH]c(=O)c1Cl. The van der Waals surface area contributed by atoms with E-state index in [2.05, 4.69) is 15.5 Å². The van der Waals surface area contributed by atoms with Crippen LogP contribution in [0.1, 0.15) is 0 Å². The van der Waals surface area contributed by atoms with E-state index in [-0.39, 0.29) is 10.6 Å². The van der Waals surface area contributed by atoms with E-state index in [1.807, 2.05) is 6.26 Å². The second-order valence-electron chi connectivity index (χ2n) is 2.35. The molecule has 0 aliphatic carbocycles. The van der Waals surface area contributed by atoms with Gasteiger partial charge in [0.25, 0.3) is 5.56 Å². The van der Waals surface area contributed by atoms with Gasteiger partial charge in [-0.3, -0.25) is 4.79 Å². The van der Waals surface area contributed by atoms with Crippen LogP contribution in [0.3, 0.4) is 0 Å². The van der Waals surface area contributed by atoms with Gasteiger partial charge in [-0.2, -0.15) is 16.9 Å². The summed E-state index contributed by atoms with van der Waals surface area (Å²) >= 11 is 7.44. The van der Waals surface area contributed by atoms with Crippen molar-refractivity contribution in [2.75, 3.05) is 23.9 Å². The van der Waals surface area contributed by atoms with Crippen LogP contribution >= 0.6 is 23.4 Å². The zero-order chi connectivity index (χ0) is 9.68. The summed E-state index contributed by atoms with van der Waals surface area (Å²) in [7, 11) is 0. The smallest absolute Gasteiger partial charge is 0.285 e. The van der Waals surface area contributed by atoms with Gasteiger partial charge in [-0.05, 0) is 6.26 Å². The number of anilines is 1. The van der Waals surface area contributed by atoms with Crippen molar-refractivity contribution in [1.82, 2.24) is 10.2 Å². The molecule has 0 saturated heterocycles. The van der Waals surface area contributed by atoms with Crippen LogP contribution in [-0.4, -0.2) is 28.8 Å². The summed E-state index contributed by atoms with van der Waals surface area (Å²) in [6.45, 7) is 0.770. The van der Waals surface area contributed by atoms with Crippen LogP contribution in [0.2, 0.25) is 5.02 Å². The highest BCUT2D eigenvalue weighted by atomic mass is 35.5. The molecule has 0 aliphatic rings. The molecule has 4 nitrogen and oxygen atoms in total. The Balaban J connectivity index is 2.66. The number of aromatic nitrogens is 2. The van der Waals surface area contributed by atoms with Gasteiger partial charge in [-0.15, -0.1) is 0 Å². The van der Waals surface area contributed by atoms with Crippen molar-refractivity contribution in [3.63, 3.8) is 0 Å². The lowest BCUT2D eigenvalue weighted by Crippen LogP contribution is -2.13. The normalized spacial score (nSPS) is 10.0. The first-order chi connectivity index (χ1) is 6.25. The van der Waals surface area contributed by atoms with Crippen LogP contribution < -0.4 is 10.9 Å².